The second kappa shape index (κ2) is 7.90. The third-order valence-electron chi connectivity index (χ3n) is 4.09. The molecular weight excluding hydrogens is 370 g/mol. The maximum Gasteiger partial charge on any atom is 0.175 e. The zero-order valence-electron chi connectivity index (χ0n) is 14.0. The van der Waals surface area contributed by atoms with E-state index in [1.54, 1.807) is 7.11 Å². The van der Waals surface area contributed by atoms with Crippen molar-refractivity contribution in [3.63, 3.8) is 0 Å². The number of methoxy groups -OCH3 is 1. The lowest BCUT2D eigenvalue weighted by Gasteiger charge is -2.27. The van der Waals surface area contributed by atoms with Crippen LogP contribution in [-0.2, 0) is 6.54 Å². The summed E-state index contributed by atoms with van der Waals surface area (Å²) in [5, 5.41) is 3.63. The van der Waals surface area contributed by atoms with Crippen LogP contribution >= 0.6 is 15.9 Å². The number of para-hydroxylation sites is 1. The smallest absolute Gasteiger partial charge is 0.175 e. The maximum absolute atomic E-state index is 5.72. The summed E-state index contributed by atoms with van der Waals surface area (Å²) in [6.45, 7) is 4.06. The van der Waals surface area contributed by atoms with E-state index in [2.05, 4.69) is 39.4 Å². The van der Waals surface area contributed by atoms with Crippen LogP contribution in [0.15, 0.2) is 40.9 Å². The normalized spacial score (nSPS) is 16.2. The fourth-order valence-electron chi connectivity index (χ4n) is 2.95. The highest BCUT2D eigenvalue weighted by atomic mass is 79.9. The van der Waals surface area contributed by atoms with Crippen molar-refractivity contribution >= 4 is 15.9 Å². The molecule has 0 radical (unpaired) electrons. The van der Waals surface area contributed by atoms with Crippen LogP contribution in [-0.4, -0.2) is 20.3 Å². The fraction of sp³-hybridized carbons (Fsp3) is 0.368. The number of nitrogens with one attached hydrogen (secondary N) is 1. The van der Waals surface area contributed by atoms with Crippen molar-refractivity contribution in [3.8, 4) is 17.2 Å². The van der Waals surface area contributed by atoms with Gasteiger partial charge in [-0.2, -0.15) is 0 Å². The quantitative estimate of drug-likeness (QED) is 0.788. The van der Waals surface area contributed by atoms with E-state index in [-0.39, 0.29) is 0 Å². The lowest BCUT2D eigenvalue weighted by Crippen LogP contribution is -2.26. The van der Waals surface area contributed by atoms with E-state index in [0.717, 1.165) is 46.9 Å². The molecule has 0 fully saturated rings. The number of fused-ring (bicyclic) bond motifs is 1. The summed E-state index contributed by atoms with van der Waals surface area (Å²) in [6, 6.07) is 12.6. The molecule has 128 valence electrons. The SMILES string of the molecule is CCOc1c(Br)cc(CN[C@H]2CCOc3ccccc32)cc1OC. The predicted octanol–water partition coefficient (Wildman–Crippen LogP) is 4.47. The summed E-state index contributed by atoms with van der Waals surface area (Å²) in [6.07, 6.45) is 0.965. The van der Waals surface area contributed by atoms with E-state index in [1.807, 2.05) is 25.1 Å². The maximum atomic E-state index is 5.72. The molecule has 1 heterocycles. The number of benzene rings is 2. The van der Waals surface area contributed by atoms with Crippen LogP contribution in [0.2, 0.25) is 0 Å². The molecule has 0 aliphatic carbocycles. The number of hydrogen-bond acceptors (Lipinski definition) is 4. The molecule has 0 saturated carbocycles. The summed E-state index contributed by atoms with van der Waals surface area (Å²) in [7, 11) is 1.66. The minimum absolute atomic E-state index is 0.297. The molecule has 5 heteroatoms. The molecule has 3 rings (SSSR count). The Balaban J connectivity index is 1.75. The molecule has 1 N–H and O–H groups in total. The number of ether oxygens (including phenoxy) is 3. The van der Waals surface area contributed by atoms with Crippen molar-refractivity contribution in [2.45, 2.75) is 25.9 Å². The van der Waals surface area contributed by atoms with Gasteiger partial charge < -0.3 is 19.5 Å². The van der Waals surface area contributed by atoms with Gasteiger partial charge in [-0.05, 0) is 46.6 Å². The van der Waals surface area contributed by atoms with Crippen molar-refractivity contribution < 1.29 is 14.2 Å². The summed E-state index contributed by atoms with van der Waals surface area (Å²) in [5.74, 6) is 2.47. The van der Waals surface area contributed by atoms with E-state index in [1.165, 1.54) is 5.56 Å². The first-order valence-corrected chi connectivity index (χ1v) is 8.96. The van der Waals surface area contributed by atoms with Crippen molar-refractivity contribution in [1.82, 2.24) is 5.32 Å². The summed E-state index contributed by atoms with van der Waals surface area (Å²) >= 11 is 3.58. The fourth-order valence-corrected chi connectivity index (χ4v) is 3.56. The Labute approximate surface area is 151 Å². The number of hydrogen-bond donors (Lipinski definition) is 1. The van der Waals surface area contributed by atoms with Crippen molar-refractivity contribution in [2.24, 2.45) is 0 Å². The Kier molecular flexibility index (Phi) is 5.63. The van der Waals surface area contributed by atoms with Crippen LogP contribution in [0.3, 0.4) is 0 Å². The minimum atomic E-state index is 0.297. The van der Waals surface area contributed by atoms with Gasteiger partial charge in [0, 0.05) is 24.6 Å². The first-order valence-electron chi connectivity index (χ1n) is 8.17. The average Bonchev–Trinajstić information content (AvgIpc) is 2.61. The Hall–Kier alpha value is -1.72. The van der Waals surface area contributed by atoms with Gasteiger partial charge in [0.15, 0.2) is 11.5 Å². The van der Waals surface area contributed by atoms with Crippen molar-refractivity contribution in [2.75, 3.05) is 20.3 Å². The van der Waals surface area contributed by atoms with Crippen LogP contribution in [0, 0.1) is 0 Å². The van der Waals surface area contributed by atoms with Crippen molar-refractivity contribution in [1.29, 1.82) is 0 Å². The summed E-state index contributed by atoms with van der Waals surface area (Å²) in [5.41, 5.74) is 2.37. The van der Waals surface area contributed by atoms with Gasteiger partial charge in [-0.3, -0.25) is 0 Å². The van der Waals surface area contributed by atoms with Crippen LogP contribution < -0.4 is 19.5 Å². The Morgan fingerprint density at radius 1 is 1.29 bits per heavy atom. The molecule has 24 heavy (non-hydrogen) atoms. The Morgan fingerprint density at radius 2 is 2.12 bits per heavy atom. The first-order chi connectivity index (χ1) is 11.7. The second-order valence-corrected chi connectivity index (χ2v) is 6.50. The van der Waals surface area contributed by atoms with E-state index in [0.29, 0.717) is 12.6 Å². The largest absolute Gasteiger partial charge is 0.493 e. The van der Waals surface area contributed by atoms with Crippen LogP contribution in [0.25, 0.3) is 0 Å². The Morgan fingerprint density at radius 3 is 2.92 bits per heavy atom. The molecule has 1 aliphatic rings. The molecule has 0 saturated heterocycles. The molecular formula is C19H22BrNO3. The molecule has 0 spiro atoms. The van der Waals surface area contributed by atoms with E-state index in [4.69, 9.17) is 14.2 Å². The van der Waals surface area contributed by atoms with Crippen molar-refractivity contribution in [3.05, 3.63) is 52.0 Å². The van der Waals surface area contributed by atoms with Gasteiger partial charge >= 0.3 is 0 Å². The minimum Gasteiger partial charge on any atom is -0.493 e. The van der Waals surface area contributed by atoms with Gasteiger partial charge in [0.25, 0.3) is 0 Å². The highest BCUT2D eigenvalue weighted by molar-refractivity contribution is 9.10. The zero-order chi connectivity index (χ0) is 16.9. The standard InChI is InChI=1S/C19H22BrNO3/c1-3-23-19-15(20)10-13(11-18(19)22-2)12-21-16-8-9-24-17-7-5-4-6-14(16)17/h4-7,10-11,16,21H,3,8-9,12H2,1-2H3/t16-/m0/s1. The molecule has 2 aromatic carbocycles. The van der Waals surface area contributed by atoms with Gasteiger partial charge in [-0.1, -0.05) is 18.2 Å². The predicted molar refractivity (Wildman–Crippen MR) is 98.0 cm³/mol. The summed E-state index contributed by atoms with van der Waals surface area (Å²) in [4.78, 5) is 0. The van der Waals surface area contributed by atoms with E-state index < -0.39 is 0 Å². The second-order valence-electron chi connectivity index (χ2n) is 5.65. The molecule has 4 nitrogen and oxygen atoms in total. The molecule has 1 atom stereocenters. The van der Waals surface area contributed by atoms with Crippen LogP contribution in [0.5, 0.6) is 17.2 Å². The van der Waals surface area contributed by atoms with Gasteiger partial charge in [0.1, 0.15) is 5.75 Å². The number of halogens is 1. The van der Waals surface area contributed by atoms with Gasteiger partial charge in [0.05, 0.1) is 24.8 Å². The third kappa shape index (κ3) is 3.68. The molecule has 0 aromatic heterocycles. The molecule has 0 amide bonds. The topological polar surface area (TPSA) is 39.7 Å². The number of rotatable bonds is 6. The van der Waals surface area contributed by atoms with Gasteiger partial charge in [-0.15, -0.1) is 0 Å². The molecule has 2 aromatic rings. The molecule has 0 unspecified atom stereocenters. The highest BCUT2D eigenvalue weighted by Crippen LogP contribution is 2.37. The molecule has 1 aliphatic heterocycles. The first kappa shape index (κ1) is 17.1. The van der Waals surface area contributed by atoms with E-state index >= 15 is 0 Å². The lowest BCUT2D eigenvalue weighted by molar-refractivity contribution is 0.252. The van der Waals surface area contributed by atoms with Crippen LogP contribution in [0.4, 0.5) is 0 Å². The summed E-state index contributed by atoms with van der Waals surface area (Å²) < 4.78 is 17.7. The lowest BCUT2D eigenvalue weighted by atomic mass is 10.0. The van der Waals surface area contributed by atoms with Crippen LogP contribution in [0.1, 0.15) is 30.5 Å². The van der Waals surface area contributed by atoms with E-state index in [9.17, 15) is 0 Å². The van der Waals surface area contributed by atoms with Gasteiger partial charge in [0.2, 0.25) is 0 Å². The highest BCUT2D eigenvalue weighted by Gasteiger charge is 2.20. The molecule has 0 bridgehead atoms. The monoisotopic (exact) mass is 391 g/mol. The third-order valence-corrected chi connectivity index (χ3v) is 4.68. The average molecular weight is 392 g/mol. The van der Waals surface area contributed by atoms with Gasteiger partial charge in [-0.25, -0.2) is 0 Å². The zero-order valence-corrected chi connectivity index (χ0v) is 15.6. The Bertz CT molecular complexity index is 705.